The molecule has 1 saturated heterocycles. The van der Waals surface area contributed by atoms with E-state index in [9.17, 15) is 18.5 Å². The minimum Gasteiger partial charge on any atom is -0.378 e. The minimum atomic E-state index is -4.18. The Morgan fingerprint density at radius 3 is 2.37 bits per heavy atom. The number of para-hydroxylation sites is 1. The zero-order valence-electron chi connectivity index (χ0n) is 15.2. The van der Waals surface area contributed by atoms with E-state index in [-0.39, 0.29) is 10.8 Å². The summed E-state index contributed by atoms with van der Waals surface area (Å²) in [4.78, 5) is 12.2. The molecule has 0 amide bonds. The van der Waals surface area contributed by atoms with Crippen LogP contribution in [0.5, 0.6) is 0 Å². The molecule has 2 aliphatic rings. The molecular weight excluding hydrogens is 370 g/mol. The molecule has 1 aliphatic carbocycles. The van der Waals surface area contributed by atoms with Crippen molar-refractivity contribution in [1.82, 2.24) is 4.90 Å². The molecule has 1 saturated carbocycles. The molecule has 1 aliphatic heterocycles. The molecule has 27 heavy (non-hydrogen) atoms. The second-order valence-electron chi connectivity index (χ2n) is 6.94. The Kier molecular flexibility index (Phi) is 6.43. The monoisotopic (exact) mass is 395 g/mol. The Morgan fingerprint density at radius 1 is 1.11 bits per heavy atom. The van der Waals surface area contributed by atoms with Crippen LogP contribution in [0.25, 0.3) is 0 Å². The van der Waals surface area contributed by atoms with Crippen LogP contribution in [-0.4, -0.2) is 50.4 Å². The van der Waals surface area contributed by atoms with E-state index in [2.05, 4.69) is 4.40 Å². The normalized spacial score (nSPS) is 20.3. The lowest BCUT2D eigenvalue weighted by Gasteiger charge is -2.33. The van der Waals surface area contributed by atoms with Crippen LogP contribution in [0.15, 0.2) is 33.6 Å². The van der Waals surface area contributed by atoms with E-state index >= 15 is 0 Å². The fourth-order valence-electron chi connectivity index (χ4n) is 3.72. The van der Waals surface area contributed by atoms with Gasteiger partial charge in [0.25, 0.3) is 15.7 Å². The molecule has 0 N–H and O–H groups in total. The third-order valence-electron chi connectivity index (χ3n) is 5.11. The van der Waals surface area contributed by atoms with E-state index in [0.717, 1.165) is 38.5 Å². The lowest BCUT2D eigenvalue weighted by molar-refractivity contribution is -0.387. The molecule has 1 aromatic carbocycles. The van der Waals surface area contributed by atoms with Gasteiger partial charge >= 0.3 is 0 Å². The van der Waals surface area contributed by atoms with Crippen molar-refractivity contribution in [2.45, 2.75) is 43.4 Å². The third kappa shape index (κ3) is 4.84. The average molecular weight is 395 g/mol. The SMILES string of the molecule is O=[N+]([O-])c1ccccc1S(=O)(=O)/N=C(/C1CCCCCC1)N1CCOCC1. The second-order valence-corrected chi connectivity index (χ2v) is 8.51. The van der Waals surface area contributed by atoms with Crippen LogP contribution in [0.3, 0.4) is 0 Å². The molecule has 3 rings (SSSR count). The largest absolute Gasteiger partial charge is 0.378 e. The first-order chi connectivity index (χ1) is 13.0. The molecule has 8 nitrogen and oxygen atoms in total. The van der Waals surface area contributed by atoms with Gasteiger partial charge in [0.15, 0.2) is 4.90 Å². The number of sulfonamides is 1. The minimum absolute atomic E-state index is 0.0585. The van der Waals surface area contributed by atoms with E-state index in [1.54, 1.807) is 0 Å². The van der Waals surface area contributed by atoms with Crippen molar-refractivity contribution < 1.29 is 18.1 Å². The molecule has 9 heteroatoms. The van der Waals surface area contributed by atoms with Crippen LogP contribution >= 0.6 is 0 Å². The number of amidine groups is 1. The van der Waals surface area contributed by atoms with Crippen LogP contribution < -0.4 is 0 Å². The van der Waals surface area contributed by atoms with Gasteiger partial charge in [0.1, 0.15) is 5.84 Å². The summed E-state index contributed by atoms with van der Waals surface area (Å²) in [5.41, 5.74) is -0.441. The Morgan fingerprint density at radius 2 is 1.74 bits per heavy atom. The van der Waals surface area contributed by atoms with Gasteiger partial charge < -0.3 is 9.64 Å². The number of nitro groups is 1. The Labute approximate surface area is 159 Å². The van der Waals surface area contributed by atoms with Gasteiger partial charge in [-0.15, -0.1) is 4.40 Å². The van der Waals surface area contributed by atoms with Crippen molar-refractivity contribution in [2.75, 3.05) is 26.3 Å². The van der Waals surface area contributed by atoms with E-state index < -0.39 is 20.6 Å². The van der Waals surface area contributed by atoms with E-state index in [0.29, 0.717) is 32.1 Å². The number of nitro benzene ring substituents is 1. The highest BCUT2D eigenvalue weighted by molar-refractivity contribution is 7.90. The molecule has 0 aromatic heterocycles. The molecule has 1 aromatic rings. The third-order valence-corrected chi connectivity index (χ3v) is 6.44. The molecule has 0 unspecified atom stereocenters. The molecule has 0 radical (unpaired) electrons. The van der Waals surface area contributed by atoms with Crippen molar-refractivity contribution in [3.05, 3.63) is 34.4 Å². The predicted octanol–water partition coefficient (Wildman–Crippen LogP) is 2.98. The second kappa shape index (κ2) is 8.79. The summed E-state index contributed by atoms with van der Waals surface area (Å²) in [6.07, 6.45) is 6.15. The molecule has 0 bridgehead atoms. The first-order valence-corrected chi connectivity index (χ1v) is 10.8. The summed E-state index contributed by atoms with van der Waals surface area (Å²) in [6.45, 7) is 2.22. The molecule has 1 heterocycles. The van der Waals surface area contributed by atoms with E-state index in [4.69, 9.17) is 4.74 Å². The summed E-state index contributed by atoms with van der Waals surface area (Å²) in [6, 6.07) is 5.38. The van der Waals surface area contributed by atoms with Gasteiger partial charge in [0.05, 0.1) is 18.1 Å². The summed E-state index contributed by atoms with van der Waals surface area (Å²) >= 11 is 0. The molecular formula is C18H25N3O5S. The van der Waals surface area contributed by atoms with Crippen LogP contribution in [0.2, 0.25) is 0 Å². The highest BCUT2D eigenvalue weighted by Crippen LogP contribution is 2.29. The van der Waals surface area contributed by atoms with Crippen molar-refractivity contribution in [3.63, 3.8) is 0 Å². The summed E-state index contributed by atoms with van der Waals surface area (Å²) < 4.78 is 35.5. The van der Waals surface area contributed by atoms with E-state index in [1.165, 1.54) is 24.3 Å². The number of hydrogen-bond donors (Lipinski definition) is 0. The van der Waals surface area contributed by atoms with Gasteiger partial charge in [-0.2, -0.15) is 8.42 Å². The van der Waals surface area contributed by atoms with Crippen LogP contribution in [0.4, 0.5) is 5.69 Å². The molecule has 0 atom stereocenters. The van der Waals surface area contributed by atoms with Gasteiger partial charge in [-0.05, 0) is 18.9 Å². The van der Waals surface area contributed by atoms with Gasteiger partial charge in [-0.3, -0.25) is 10.1 Å². The standard InChI is InChI=1S/C18H25N3O5S/c22-21(23)16-9-5-6-10-17(16)27(24,25)19-18(20-11-13-26-14-12-20)15-7-3-1-2-4-8-15/h5-6,9-10,15H,1-4,7-8,11-14H2/b19-18-. The van der Waals surface area contributed by atoms with Crippen molar-refractivity contribution in [2.24, 2.45) is 10.3 Å². The smallest absolute Gasteiger partial charge is 0.290 e. The number of ether oxygens (including phenoxy) is 1. The Hall–Kier alpha value is -2.00. The summed E-state index contributed by atoms with van der Waals surface area (Å²) in [5, 5.41) is 11.3. The highest BCUT2D eigenvalue weighted by Gasteiger charge is 2.30. The quantitative estimate of drug-likeness (QED) is 0.255. The summed E-state index contributed by atoms with van der Waals surface area (Å²) in [5.74, 6) is 0.599. The average Bonchev–Trinajstić information content (AvgIpc) is 2.96. The van der Waals surface area contributed by atoms with Gasteiger partial charge in [-0.1, -0.05) is 37.8 Å². The lowest BCUT2D eigenvalue weighted by atomic mass is 9.98. The Bertz CT molecular complexity index is 795. The van der Waals surface area contributed by atoms with Gasteiger partial charge in [-0.25, -0.2) is 0 Å². The van der Waals surface area contributed by atoms with Crippen LogP contribution in [0, 0.1) is 16.0 Å². The first kappa shape index (κ1) is 19.8. The molecule has 0 spiro atoms. The topological polar surface area (TPSA) is 102 Å². The van der Waals surface area contributed by atoms with Gasteiger partial charge in [0.2, 0.25) is 0 Å². The summed E-state index contributed by atoms with van der Waals surface area (Å²) in [7, 11) is -4.18. The maximum Gasteiger partial charge on any atom is 0.290 e. The Balaban J connectivity index is 2.01. The predicted molar refractivity (Wildman–Crippen MR) is 101 cm³/mol. The van der Waals surface area contributed by atoms with Crippen LogP contribution in [-0.2, 0) is 14.8 Å². The number of hydrogen-bond acceptors (Lipinski definition) is 5. The lowest BCUT2D eigenvalue weighted by Crippen LogP contribution is -2.44. The van der Waals surface area contributed by atoms with Crippen LogP contribution in [0.1, 0.15) is 38.5 Å². The number of morpholine rings is 1. The molecule has 2 fully saturated rings. The number of benzene rings is 1. The maximum atomic E-state index is 13.0. The van der Waals surface area contributed by atoms with Gasteiger partial charge in [0, 0.05) is 25.1 Å². The zero-order chi connectivity index (χ0) is 19.3. The fraction of sp³-hybridized carbons (Fsp3) is 0.611. The maximum absolute atomic E-state index is 13.0. The van der Waals surface area contributed by atoms with E-state index in [1.807, 2.05) is 4.90 Å². The highest BCUT2D eigenvalue weighted by atomic mass is 32.2. The zero-order valence-corrected chi connectivity index (χ0v) is 16.1. The fourth-order valence-corrected chi connectivity index (χ4v) is 4.99. The first-order valence-electron chi connectivity index (χ1n) is 9.40. The number of nitrogens with zero attached hydrogens (tertiary/aromatic N) is 3. The van der Waals surface area contributed by atoms with Crippen molar-refractivity contribution in [1.29, 1.82) is 0 Å². The molecule has 148 valence electrons. The van der Waals surface area contributed by atoms with Crippen molar-refractivity contribution >= 4 is 21.5 Å². The van der Waals surface area contributed by atoms with Crippen molar-refractivity contribution in [3.8, 4) is 0 Å². The number of rotatable bonds is 4.